The quantitative estimate of drug-likeness (QED) is 0.167. The van der Waals surface area contributed by atoms with Gasteiger partial charge in [0.25, 0.3) is 0 Å². The summed E-state index contributed by atoms with van der Waals surface area (Å²) in [6.45, 7) is 0. The van der Waals surface area contributed by atoms with Crippen molar-refractivity contribution in [2.24, 2.45) is 0 Å². The number of nitrogens with zero attached hydrogens (tertiary/aromatic N) is 1. The first-order valence-corrected chi connectivity index (χ1v) is 15.5. The third kappa shape index (κ3) is 3.96. The molecule has 1 aliphatic rings. The van der Waals surface area contributed by atoms with Gasteiger partial charge >= 0.3 is 0 Å². The molecule has 0 unspecified atom stereocenters. The van der Waals surface area contributed by atoms with E-state index in [1.165, 1.54) is 54.7 Å². The highest BCUT2D eigenvalue weighted by atomic mass is 15.2. The van der Waals surface area contributed by atoms with Crippen molar-refractivity contribution in [3.63, 3.8) is 0 Å². The van der Waals surface area contributed by atoms with E-state index < -0.39 is 0 Å². The first kappa shape index (κ1) is 25.6. The lowest BCUT2D eigenvalue weighted by molar-refractivity contribution is 1.26. The minimum atomic E-state index is 0.777. The monoisotopic (exact) mass is 574 g/mol. The maximum absolute atomic E-state index is 7.50. The van der Waals surface area contributed by atoms with Gasteiger partial charge in [0.15, 0.2) is 0 Å². The standard InChI is InChI=1S/C43H30N2/c44-42-40(36-22-11-21-35-33-19-8-6-14-30(33)26-38(35)36)27-39-32-18-7-4-13-29(32)24-25-37(39)43(42)45(31-16-2-1-3-17-31)41-23-10-15-28-12-5-9-20-34(28)41/h1-25,27H,26,44H2. The second kappa shape index (κ2) is 10.1. The molecule has 2 heteroatoms. The number of anilines is 4. The number of nitrogen functional groups attached to an aromatic ring is 1. The van der Waals surface area contributed by atoms with Crippen LogP contribution in [-0.2, 0) is 6.42 Å². The summed E-state index contributed by atoms with van der Waals surface area (Å²) < 4.78 is 0. The predicted molar refractivity (Wildman–Crippen MR) is 192 cm³/mol. The summed E-state index contributed by atoms with van der Waals surface area (Å²) in [7, 11) is 0. The number of para-hydroxylation sites is 1. The molecule has 9 rings (SSSR count). The Morgan fingerprint density at radius 3 is 1.91 bits per heavy atom. The van der Waals surface area contributed by atoms with Crippen molar-refractivity contribution < 1.29 is 0 Å². The van der Waals surface area contributed by atoms with E-state index in [0.29, 0.717) is 0 Å². The highest BCUT2D eigenvalue weighted by Gasteiger charge is 2.26. The molecule has 212 valence electrons. The third-order valence-corrected chi connectivity index (χ3v) is 9.45. The molecule has 0 radical (unpaired) electrons. The Kier molecular flexibility index (Phi) is 5.76. The van der Waals surface area contributed by atoms with Crippen LogP contribution in [0.4, 0.5) is 22.7 Å². The van der Waals surface area contributed by atoms with Gasteiger partial charge in [-0.15, -0.1) is 0 Å². The second-order valence-corrected chi connectivity index (χ2v) is 11.9. The molecule has 0 heterocycles. The average molecular weight is 575 g/mol. The molecule has 45 heavy (non-hydrogen) atoms. The van der Waals surface area contributed by atoms with Crippen molar-refractivity contribution >= 4 is 55.1 Å². The van der Waals surface area contributed by atoms with Crippen LogP contribution in [0.25, 0.3) is 54.6 Å². The van der Waals surface area contributed by atoms with Crippen molar-refractivity contribution in [1.82, 2.24) is 0 Å². The minimum absolute atomic E-state index is 0.777. The molecule has 0 amide bonds. The van der Waals surface area contributed by atoms with Crippen LogP contribution in [0.5, 0.6) is 0 Å². The van der Waals surface area contributed by atoms with E-state index in [1.807, 2.05) is 0 Å². The van der Waals surface area contributed by atoms with Crippen molar-refractivity contribution in [2.45, 2.75) is 6.42 Å². The van der Waals surface area contributed by atoms with Gasteiger partial charge in [0.1, 0.15) is 0 Å². The fourth-order valence-corrected chi connectivity index (χ4v) is 7.39. The van der Waals surface area contributed by atoms with Gasteiger partial charge < -0.3 is 10.6 Å². The van der Waals surface area contributed by atoms with Gasteiger partial charge in [0.2, 0.25) is 0 Å². The van der Waals surface area contributed by atoms with Gasteiger partial charge in [0, 0.05) is 22.0 Å². The number of hydrogen-bond donors (Lipinski definition) is 1. The Hall–Kier alpha value is -5.86. The van der Waals surface area contributed by atoms with Crippen molar-refractivity contribution in [2.75, 3.05) is 10.6 Å². The molecule has 0 saturated heterocycles. The largest absolute Gasteiger partial charge is 0.397 e. The minimum Gasteiger partial charge on any atom is -0.397 e. The lowest BCUT2D eigenvalue weighted by atomic mass is 9.89. The first-order valence-electron chi connectivity index (χ1n) is 15.5. The van der Waals surface area contributed by atoms with Crippen molar-refractivity contribution in [3.8, 4) is 22.3 Å². The molecule has 1 aliphatic carbocycles. The molecular weight excluding hydrogens is 544 g/mol. The van der Waals surface area contributed by atoms with E-state index >= 15 is 0 Å². The van der Waals surface area contributed by atoms with E-state index in [4.69, 9.17) is 5.73 Å². The van der Waals surface area contributed by atoms with Crippen LogP contribution in [0.1, 0.15) is 11.1 Å². The van der Waals surface area contributed by atoms with Crippen LogP contribution >= 0.6 is 0 Å². The normalized spacial score (nSPS) is 12.0. The maximum atomic E-state index is 7.50. The van der Waals surface area contributed by atoms with Crippen molar-refractivity contribution in [3.05, 3.63) is 169 Å². The van der Waals surface area contributed by atoms with Gasteiger partial charge in [-0.1, -0.05) is 133 Å². The smallest absolute Gasteiger partial charge is 0.0776 e. The summed E-state index contributed by atoms with van der Waals surface area (Å²) in [5.74, 6) is 0. The SMILES string of the molecule is Nc1c(-c2cccc3c2Cc2ccccc2-3)cc2c(ccc3ccccc32)c1N(c1ccccc1)c1cccc2ccccc12. The predicted octanol–water partition coefficient (Wildman–Crippen LogP) is 11.4. The van der Waals surface area contributed by atoms with Crippen molar-refractivity contribution in [1.29, 1.82) is 0 Å². The summed E-state index contributed by atoms with van der Waals surface area (Å²) in [5, 5.41) is 7.13. The number of nitrogens with two attached hydrogens (primary N) is 1. The number of benzene rings is 8. The first-order chi connectivity index (χ1) is 22.3. The zero-order chi connectivity index (χ0) is 29.9. The van der Waals surface area contributed by atoms with Gasteiger partial charge in [-0.25, -0.2) is 0 Å². The third-order valence-electron chi connectivity index (χ3n) is 9.45. The molecular formula is C43H30N2. The Labute approximate surface area is 262 Å². The molecule has 8 aromatic carbocycles. The lowest BCUT2D eigenvalue weighted by Gasteiger charge is -2.31. The molecule has 0 atom stereocenters. The summed E-state index contributed by atoms with van der Waals surface area (Å²) in [6, 6.07) is 56.7. The fourth-order valence-electron chi connectivity index (χ4n) is 7.39. The van der Waals surface area contributed by atoms with Crippen LogP contribution in [0.3, 0.4) is 0 Å². The fraction of sp³-hybridized carbons (Fsp3) is 0.0233. The molecule has 2 nitrogen and oxygen atoms in total. The Morgan fingerprint density at radius 2 is 1.07 bits per heavy atom. The number of hydrogen-bond acceptors (Lipinski definition) is 2. The Bertz CT molecular complexity index is 2420. The van der Waals surface area contributed by atoms with Gasteiger partial charge in [0.05, 0.1) is 17.1 Å². The van der Waals surface area contributed by atoms with Gasteiger partial charge in [-0.3, -0.25) is 0 Å². The number of fused-ring (bicyclic) bond motifs is 7. The molecule has 0 aromatic heterocycles. The molecule has 0 aliphatic heterocycles. The Balaban J connectivity index is 1.42. The highest BCUT2D eigenvalue weighted by Crippen LogP contribution is 2.51. The van der Waals surface area contributed by atoms with E-state index in [2.05, 4.69) is 163 Å². The van der Waals surface area contributed by atoms with Crippen LogP contribution in [0, 0.1) is 0 Å². The second-order valence-electron chi connectivity index (χ2n) is 11.9. The maximum Gasteiger partial charge on any atom is 0.0776 e. The zero-order valence-corrected chi connectivity index (χ0v) is 24.7. The molecule has 8 aromatic rings. The lowest BCUT2D eigenvalue weighted by Crippen LogP contribution is -2.14. The Morgan fingerprint density at radius 1 is 0.444 bits per heavy atom. The number of rotatable bonds is 4. The topological polar surface area (TPSA) is 29.3 Å². The van der Waals surface area contributed by atoms with Crippen LogP contribution in [0.2, 0.25) is 0 Å². The summed E-state index contributed by atoms with van der Waals surface area (Å²) >= 11 is 0. The van der Waals surface area contributed by atoms with Gasteiger partial charge in [-0.05, 0) is 80.0 Å². The van der Waals surface area contributed by atoms with Crippen LogP contribution < -0.4 is 10.6 Å². The molecule has 0 spiro atoms. The van der Waals surface area contributed by atoms with E-state index in [0.717, 1.165) is 40.1 Å². The van der Waals surface area contributed by atoms with Gasteiger partial charge in [-0.2, -0.15) is 0 Å². The zero-order valence-electron chi connectivity index (χ0n) is 24.7. The summed E-state index contributed by atoms with van der Waals surface area (Å²) in [4.78, 5) is 2.37. The average Bonchev–Trinajstić information content (AvgIpc) is 3.49. The summed E-state index contributed by atoms with van der Waals surface area (Å²) in [6.07, 6.45) is 0.899. The van der Waals surface area contributed by atoms with E-state index in [-0.39, 0.29) is 0 Å². The van der Waals surface area contributed by atoms with Crippen LogP contribution in [0.15, 0.2) is 158 Å². The molecule has 0 fully saturated rings. The highest BCUT2D eigenvalue weighted by molar-refractivity contribution is 6.19. The van der Waals surface area contributed by atoms with E-state index in [1.54, 1.807) is 0 Å². The summed E-state index contributed by atoms with van der Waals surface area (Å²) in [5.41, 5.74) is 19.0. The van der Waals surface area contributed by atoms with E-state index in [9.17, 15) is 0 Å². The molecule has 0 bridgehead atoms. The van der Waals surface area contributed by atoms with Crippen LogP contribution in [-0.4, -0.2) is 0 Å². The molecule has 0 saturated carbocycles. The molecule has 2 N–H and O–H groups in total.